The second-order valence-corrected chi connectivity index (χ2v) is 8.27. The zero-order chi connectivity index (χ0) is 21.3. The van der Waals surface area contributed by atoms with E-state index in [0.717, 1.165) is 5.69 Å². The van der Waals surface area contributed by atoms with Gasteiger partial charge in [0.25, 0.3) is 5.91 Å². The minimum absolute atomic E-state index is 0.224. The fraction of sp³-hybridized carbons (Fsp3) is 0.200. The zero-order valence-corrected chi connectivity index (χ0v) is 17.9. The fourth-order valence-electron chi connectivity index (χ4n) is 2.48. The predicted molar refractivity (Wildman–Crippen MR) is 120 cm³/mol. The highest BCUT2D eigenvalue weighted by molar-refractivity contribution is 7.89. The van der Waals surface area contributed by atoms with E-state index in [4.69, 9.17) is 12.2 Å². The normalized spacial score (nSPS) is 11.4. The van der Waals surface area contributed by atoms with Gasteiger partial charge in [0.15, 0.2) is 5.11 Å². The van der Waals surface area contributed by atoms with Gasteiger partial charge in [-0.25, -0.2) is 8.42 Å². The molecule has 0 heterocycles. The lowest BCUT2D eigenvalue weighted by atomic mass is 10.2. The first-order valence-electron chi connectivity index (χ1n) is 9.07. The lowest BCUT2D eigenvalue weighted by Gasteiger charge is -2.18. The average Bonchev–Trinajstić information content (AvgIpc) is 2.72. The van der Waals surface area contributed by atoms with Gasteiger partial charge in [0, 0.05) is 24.9 Å². The zero-order valence-electron chi connectivity index (χ0n) is 16.3. The van der Waals surface area contributed by atoms with Gasteiger partial charge >= 0.3 is 0 Å². The molecule has 0 aliphatic heterocycles. The van der Waals surface area contributed by atoms with Crippen LogP contribution < -0.4 is 16.2 Å². The van der Waals surface area contributed by atoms with E-state index in [-0.39, 0.29) is 10.0 Å². The number of anilines is 1. The van der Waals surface area contributed by atoms with E-state index < -0.39 is 15.9 Å². The van der Waals surface area contributed by atoms with Crippen LogP contribution in [-0.2, 0) is 14.8 Å². The van der Waals surface area contributed by atoms with E-state index >= 15 is 0 Å². The Labute approximate surface area is 176 Å². The number of para-hydroxylation sites is 1. The van der Waals surface area contributed by atoms with Crippen LogP contribution in [0.25, 0.3) is 6.08 Å². The molecule has 2 rings (SSSR count). The number of hydrazine groups is 1. The molecule has 0 aliphatic rings. The largest absolute Gasteiger partial charge is 0.331 e. The number of hydrogen-bond donors (Lipinski definition) is 3. The summed E-state index contributed by atoms with van der Waals surface area (Å²) < 4.78 is 26.3. The Morgan fingerprint density at radius 2 is 1.62 bits per heavy atom. The first kappa shape index (κ1) is 22.5. The molecule has 0 aliphatic carbocycles. The molecule has 0 fully saturated rings. The summed E-state index contributed by atoms with van der Waals surface area (Å²) in [6.07, 6.45) is 2.91. The van der Waals surface area contributed by atoms with Crippen molar-refractivity contribution in [1.82, 2.24) is 15.2 Å². The Morgan fingerprint density at radius 3 is 2.21 bits per heavy atom. The third kappa shape index (κ3) is 6.67. The molecule has 0 spiro atoms. The van der Waals surface area contributed by atoms with E-state index in [9.17, 15) is 13.2 Å². The van der Waals surface area contributed by atoms with Crippen molar-refractivity contribution in [2.45, 2.75) is 18.7 Å². The smallest absolute Gasteiger partial charge is 0.262 e. The van der Waals surface area contributed by atoms with Crippen LogP contribution in [0.1, 0.15) is 19.4 Å². The quantitative estimate of drug-likeness (QED) is 0.354. The highest BCUT2D eigenvalue weighted by Gasteiger charge is 2.20. The maximum absolute atomic E-state index is 12.5. The van der Waals surface area contributed by atoms with Crippen molar-refractivity contribution in [1.29, 1.82) is 0 Å². The monoisotopic (exact) mass is 432 g/mol. The van der Waals surface area contributed by atoms with Gasteiger partial charge in [0.05, 0.1) is 4.90 Å². The molecule has 0 unspecified atom stereocenters. The van der Waals surface area contributed by atoms with E-state index in [1.165, 1.54) is 22.5 Å². The van der Waals surface area contributed by atoms with Crippen LogP contribution in [0.4, 0.5) is 5.69 Å². The molecular formula is C20H24N4O3S2. The van der Waals surface area contributed by atoms with Gasteiger partial charge in [0.2, 0.25) is 10.0 Å². The Morgan fingerprint density at radius 1 is 1.00 bits per heavy atom. The predicted octanol–water partition coefficient (Wildman–Crippen LogP) is 2.75. The molecule has 0 saturated carbocycles. The number of thiocarbonyl (C=S) groups is 1. The van der Waals surface area contributed by atoms with E-state index in [1.54, 1.807) is 32.1 Å². The van der Waals surface area contributed by atoms with E-state index in [2.05, 4.69) is 16.2 Å². The molecule has 0 atom stereocenters. The highest BCUT2D eigenvalue weighted by Crippen LogP contribution is 2.16. The van der Waals surface area contributed by atoms with Gasteiger partial charge in [-0.2, -0.15) is 4.31 Å². The molecule has 1 amide bonds. The van der Waals surface area contributed by atoms with Gasteiger partial charge in [-0.1, -0.05) is 44.2 Å². The van der Waals surface area contributed by atoms with E-state index in [1.807, 2.05) is 30.3 Å². The number of sulfonamides is 1. The van der Waals surface area contributed by atoms with Crippen LogP contribution in [0.2, 0.25) is 0 Å². The van der Waals surface area contributed by atoms with Crippen molar-refractivity contribution in [3.05, 3.63) is 66.2 Å². The maximum Gasteiger partial charge on any atom is 0.262 e. The summed E-state index contributed by atoms with van der Waals surface area (Å²) in [7, 11) is -3.49. The number of nitrogens with one attached hydrogen (secondary N) is 3. The van der Waals surface area contributed by atoms with Gasteiger partial charge in [-0.05, 0) is 48.1 Å². The fourth-order valence-corrected chi connectivity index (χ4v) is 4.11. The van der Waals surface area contributed by atoms with Crippen molar-refractivity contribution < 1.29 is 13.2 Å². The molecule has 0 radical (unpaired) electrons. The summed E-state index contributed by atoms with van der Waals surface area (Å²) in [5, 5.41) is 3.18. The molecule has 2 aromatic rings. The maximum atomic E-state index is 12.5. The number of carbonyl (C=O) groups is 1. The van der Waals surface area contributed by atoms with Crippen LogP contribution >= 0.6 is 12.2 Å². The number of rotatable bonds is 7. The molecule has 9 heteroatoms. The number of nitrogens with zero attached hydrogens (tertiary/aromatic N) is 1. The van der Waals surface area contributed by atoms with Crippen molar-refractivity contribution in [3.63, 3.8) is 0 Å². The summed E-state index contributed by atoms with van der Waals surface area (Å²) >= 11 is 5.10. The minimum Gasteiger partial charge on any atom is -0.331 e. The Balaban J connectivity index is 1.89. The summed E-state index contributed by atoms with van der Waals surface area (Å²) in [5.41, 5.74) is 6.56. The molecule has 0 aromatic heterocycles. The second kappa shape index (κ2) is 10.7. The summed E-state index contributed by atoms with van der Waals surface area (Å²) in [6, 6.07) is 15.7. The van der Waals surface area contributed by atoms with Crippen LogP contribution in [0.3, 0.4) is 0 Å². The minimum atomic E-state index is -3.49. The SMILES string of the molecule is CCN(CC)S(=O)(=O)c1ccc(/C=C/C(=O)NNC(=S)Nc2ccccc2)cc1. The molecule has 0 saturated heterocycles. The average molecular weight is 433 g/mol. The van der Waals surface area contributed by atoms with Gasteiger partial charge in [-0.3, -0.25) is 15.6 Å². The molecule has 0 bridgehead atoms. The first-order chi connectivity index (χ1) is 13.9. The summed E-state index contributed by atoms with van der Waals surface area (Å²) in [5.74, 6) is -0.401. The van der Waals surface area contributed by atoms with Crippen LogP contribution in [0.5, 0.6) is 0 Å². The van der Waals surface area contributed by atoms with Crippen molar-refractivity contribution in [3.8, 4) is 0 Å². The van der Waals surface area contributed by atoms with Crippen molar-refractivity contribution >= 4 is 45.0 Å². The lowest BCUT2D eigenvalue weighted by molar-refractivity contribution is -0.116. The van der Waals surface area contributed by atoms with Crippen LogP contribution in [-0.4, -0.2) is 36.8 Å². The molecular weight excluding hydrogens is 408 g/mol. The van der Waals surface area contributed by atoms with Gasteiger partial charge in [0.1, 0.15) is 0 Å². The van der Waals surface area contributed by atoms with Gasteiger partial charge < -0.3 is 5.32 Å². The third-order valence-corrected chi connectivity index (χ3v) is 6.25. The van der Waals surface area contributed by atoms with Crippen LogP contribution in [0.15, 0.2) is 65.6 Å². The van der Waals surface area contributed by atoms with Crippen LogP contribution in [0, 0.1) is 0 Å². The topological polar surface area (TPSA) is 90.5 Å². The van der Waals surface area contributed by atoms with E-state index in [0.29, 0.717) is 18.7 Å². The third-order valence-electron chi connectivity index (χ3n) is 3.98. The van der Waals surface area contributed by atoms with Gasteiger partial charge in [-0.15, -0.1) is 0 Å². The van der Waals surface area contributed by atoms with Crippen molar-refractivity contribution in [2.75, 3.05) is 18.4 Å². The van der Waals surface area contributed by atoms with Crippen molar-refractivity contribution in [2.24, 2.45) is 0 Å². The molecule has 3 N–H and O–H groups in total. The standard InChI is InChI=1S/C20H24N4O3S2/c1-3-24(4-2)29(26,27)18-13-10-16(11-14-18)12-15-19(25)22-23-20(28)21-17-8-6-5-7-9-17/h5-15H,3-4H2,1-2H3,(H,22,25)(H2,21,23,28)/b15-12+. The summed E-state index contributed by atoms with van der Waals surface area (Å²) in [4.78, 5) is 12.1. The Kier molecular flexibility index (Phi) is 8.32. The number of amides is 1. The molecule has 7 nitrogen and oxygen atoms in total. The Hall–Kier alpha value is -2.75. The second-order valence-electron chi connectivity index (χ2n) is 5.93. The first-order valence-corrected chi connectivity index (χ1v) is 10.9. The number of hydrogen-bond acceptors (Lipinski definition) is 4. The number of benzene rings is 2. The Bertz CT molecular complexity index is 955. The molecule has 2 aromatic carbocycles. The molecule has 154 valence electrons. The summed E-state index contributed by atoms with van der Waals surface area (Å²) in [6.45, 7) is 4.42. The lowest BCUT2D eigenvalue weighted by Crippen LogP contribution is -2.43. The highest BCUT2D eigenvalue weighted by atomic mass is 32.2. The number of carbonyl (C=O) groups excluding carboxylic acids is 1. The molecule has 29 heavy (non-hydrogen) atoms.